The van der Waals surface area contributed by atoms with Gasteiger partial charge in [0.2, 0.25) is 5.91 Å². The minimum atomic E-state index is -0.703. The summed E-state index contributed by atoms with van der Waals surface area (Å²) < 4.78 is 4.58. The highest BCUT2D eigenvalue weighted by atomic mass is 32.1. The van der Waals surface area contributed by atoms with Gasteiger partial charge in [0.05, 0.1) is 7.11 Å². The highest BCUT2D eigenvalue weighted by Gasteiger charge is 2.19. The smallest absolute Gasteiger partial charge is 0.354 e. The number of methoxy groups -OCH3 is 1. The van der Waals surface area contributed by atoms with Crippen LogP contribution in [0.4, 0.5) is 5.69 Å². The summed E-state index contributed by atoms with van der Waals surface area (Å²) in [4.78, 5) is 51.9. The summed E-state index contributed by atoms with van der Waals surface area (Å²) in [7, 11) is 1.20. The molecule has 0 aliphatic carbocycles. The average Bonchev–Trinajstić information content (AvgIpc) is 3.25. The van der Waals surface area contributed by atoms with Gasteiger partial charge >= 0.3 is 5.97 Å². The lowest BCUT2D eigenvalue weighted by atomic mass is 10.2. The van der Waals surface area contributed by atoms with Crippen molar-refractivity contribution < 1.29 is 23.9 Å². The predicted molar refractivity (Wildman–Crippen MR) is 117 cm³/mol. The van der Waals surface area contributed by atoms with Crippen LogP contribution in [-0.4, -0.2) is 35.8 Å². The van der Waals surface area contributed by atoms with Crippen molar-refractivity contribution >= 4 is 40.7 Å². The van der Waals surface area contributed by atoms with Crippen LogP contribution >= 0.6 is 11.3 Å². The van der Waals surface area contributed by atoms with E-state index < -0.39 is 17.8 Å². The van der Waals surface area contributed by atoms with Gasteiger partial charge in [0.25, 0.3) is 11.8 Å². The van der Waals surface area contributed by atoms with Crippen molar-refractivity contribution in [2.45, 2.75) is 20.8 Å². The van der Waals surface area contributed by atoms with Gasteiger partial charge in [0.15, 0.2) is 0 Å². The monoisotopic (exact) mass is 442 g/mol. The summed E-state index contributed by atoms with van der Waals surface area (Å²) in [5, 5.41) is 9.74. The lowest BCUT2D eigenvalue weighted by Gasteiger charge is -2.10. The van der Waals surface area contributed by atoms with Gasteiger partial charge in [-0.25, -0.2) is 9.78 Å². The lowest BCUT2D eigenvalue weighted by molar-refractivity contribution is -0.137. The van der Waals surface area contributed by atoms with Crippen molar-refractivity contribution in [3.63, 3.8) is 0 Å². The number of allylic oxidation sites excluding steroid dienone is 2. The molecule has 2 rings (SSSR count). The van der Waals surface area contributed by atoms with Gasteiger partial charge in [0, 0.05) is 23.6 Å². The van der Waals surface area contributed by atoms with Gasteiger partial charge in [0.1, 0.15) is 22.1 Å². The van der Waals surface area contributed by atoms with E-state index in [1.54, 1.807) is 43.5 Å². The second-order valence-corrected chi connectivity index (χ2v) is 6.96. The maximum atomic E-state index is 12.5. The van der Waals surface area contributed by atoms with Crippen LogP contribution in [0.1, 0.15) is 31.3 Å². The number of esters is 1. The number of carbonyl (C=O) groups is 4. The molecule has 0 saturated carbocycles. The average molecular weight is 442 g/mol. The number of aromatic nitrogens is 1. The van der Waals surface area contributed by atoms with Crippen molar-refractivity contribution in [3.8, 4) is 10.6 Å². The van der Waals surface area contributed by atoms with E-state index >= 15 is 0 Å². The van der Waals surface area contributed by atoms with E-state index in [0.717, 1.165) is 5.56 Å². The molecule has 1 heterocycles. The molecule has 0 aliphatic heterocycles. The number of anilines is 1. The van der Waals surface area contributed by atoms with E-state index in [2.05, 4.69) is 25.7 Å². The minimum absolute atomic E-state index is 0.0394. The zero-order valence-corrected chi connectivity index (χ0v) is 18.3. The topological polar surface area (TPSA) is 126 Å². The quantitative estimate of drug-likeness (QED) is 0.447. The standard InChI is InChI=1S/C21H22N4O5S/c1-5-15(18(27)24-16(6-2)21(29)30-4)23-19(28)17-11-31-20(25-17)13-7-9-14(10-8-13)22-12(3)26/h5-11H,1-4H3,(H,22,26)(H,23,28)(H,24,27)/b15-5-,16-6+. The highest BCUT2D eigenvalue weighted by Crippen LogP contribution is 2.25. The molecule has 3 amide bonds. The van der Waals surface area contributed by atoms with Gasteiger partial charge in [-0.1, -0.05) is 12.2 Å². The summed E-state index contributed by atoms with van der Waals surface area (Å²) in [5.74, 6) is -2.11. The fourth-order valence-electron chi connectivity index (χ4n) is 2.40. The van der Waals surface area contributed by atoms with Crippen LogP contribution in [0.15, 0.2) is 53.2 Å². The molecular formula is C21H22N4O5S. The number of nitrogens with zero attached hydrogens (tertiary/aromatic N) is 1. The van der Waals surface area contributed by atoms with Crippen LogP contribution in [0, 0.1) is 0 Å². The van der Waals surface area contributed by atoms with Crippen LogP contribution in [0.25, 0.3) is 10.6 Å². The normalized spacial score (nSPS) is 11.5. The Labute approximate surface area is 183 Å². The number of rotatable bonds is 7. The molecule has 162 valence electrons. The van der Waals surface area contributed by atoms with Crippen LogP contribution in [0.3, 0.4) is 0 Å². The number of thiazole rings is 1. The van der Waals surface area contributed by atoms with E-state index in [-0.39, 0.29) is 23.0 Å². The Bertz CT molecular complexity index is 1050. The molecule has 0 aliphatic rings. The second-order valence-electron chi connectivity index (χ2n) is 6.10. The van der Waals surface area contributed by atoms with Crippen molar-refractivity contribution in [2.75, 3.05) is 12.4 Å². The molecule has 31 heavy (non-hydrogen) atoms. The number of benzene rings is 1. The number of ether oxygens (including phenoxy) is 1. The van der Waals surface area contributed by atoms with E-state index in [0.29, 0.717) is 10.7 Å². The Kier molecular flexibility index (Phi) is 8.21. The Morgan fingerprint density at radius 3 is 2.19 bits per heavy atom. The maximum absolute atomic E-state index is 12.5. The SMILES string of the molecule is C/C=C(\NC(=O)c1csc(-c2ccc(NC(C)=O)cc2)n1)C(=O)N/C(=C/C)C(=O)OC. The number of hydrogen-bond donors (Lipinski definition) is 3. The van der Waals surface area contributed by atoms with Crippen molar-refractivity contribution in [1.82, 2.24) is 15.6 Å². The summed E-state index contributed by atoms with van der Waals surface area (Å²) in [6.45, 7) is 4.57. The Balaban J connectivity index is 2.08. The maximum Gasteiger partial charge on any atom is 0.354 e. The predicted octanol–water partition coefficient (Wildman–Crippen LogP) is 2.60. The van der Waals surface area contributed by atoms with Crippen LogP contribution < -0.4 is 16.0 Å². The number of nitrogens with one attached hydrogen (secondary N) is 3. The van der Waals surface area contributed by atoms with Gasteiger partial charge in [-0.2, -0.15) is 0 Å². The molecule has 0 unspecified atom stereocenters. The zero-order valence-electron chi connectivity index (χ0n) is 17.4. The second kappa shape index (κ2) is 10.8. The van der Waals surface area contributed by atoms with Crippen molar-refractivity contribution in [1.29, 1.82) is 0 Å². The van der Waals surface area contributed by atoms with Crippen molar-refractivity contribution in [3.05, 3.63) is 58.9 Å². The molecule has 10 heteroatoms. The third kappa shape index (κ3) is 6.34. The number of carbonyl (C=O) groups excluding carboxylic acids is 4. The molecule has 0 fully saturated rings. The minimum Gasteiger partial charge on any atom is -0.464 e. The van der Waals surface area contributed by atoms with Crippen molar-refractivity contribution in [2.24, 2.45) is 0 Å². The third-order valence-corrected chi connectivity index (χ3v) is 4.80. The highest BCUT2D eigenvalue weighted by molar-refractivity contribution is 7.13. The fraction of sp³-hybridized carbons (Fsp3) is 0.190. The molecule has 0 radical (unpaired) electrons. The van der Waals surface area contributed by atoms with Gasteiger partial charge in [-0.3, -0.25) is 14.4 Å². The molecule has 9 nitrogen and oxygen atoms in total. The molecule has 0 saturated heterocycles. The molecule has 2 aromatic rings. The Hall–Kier alpha value is -3.79. The van der Waals surface area contributed by atoms with Gasteiger partial charge < -0.3 is 20.7 Å². The Morgan fingerprint density at radius 2 is 1.65 bits per heavy atom. The van der Waals surface area contributed by atoms with E-state index in [1.807, 2.05) is 0 Å². The number of hydrogen-bond acceptors (Lipinski definition) is 7. The number of amides is 3. The third-order valence-electron chi connectivity index (χ3n) is 3.91. The summed E-state index contributed by atoms with van der Waals surface area (Å²) in [6, 6.07) is 7.03. The first-order valence-corrected chi connectivity index (χ1v) is 10.0. The lowest BCUT2D eigenvalue weighted by Crippen LogP contribution is -2.36. The van der Waals surface area contributed by atoms with E-state index in [4.69, 9.17) is 0 Å². The van der Waals surface area contributed by atoms with Crippen LogP contribution in [0.5, 0.6) is 0 Å². The molecule has 0 bridgehead atoms. The van der Waals surface area contributed by atoms with E-state index in [9.17, 15) is 19.2 Å². The summed E-state index contributed by atoms with van der Waals surface area (Å²) >= 11 is 1.27. The van der Waals surface area contributed by atoms with Crippen LogP contribution in [-0.2, 0) is 19.1 Å². The van der Waals surface area contributed by atoms with Gasteiger partial charge in [-0.15, -0.1) is 11.3 Å². The van der Waals surface area contributed by atoms with Gasteiger partial charge in [-0.05, 0) is 38.1 Å². The molecule has 0 atom stereocenters. The molecule has 1 aromatic carbocycles. The largest absolute Gasteiger partial charge is 0.464 e. The van der Waals surface area contributed by atoms with E-state index in [1.165, 1.54) is 37.5 Å². The summed E-state index contributed by atoms with van der Waals surface area (Å²) in [5.41, 5.74) is 1.49. The van der Waals surface area contributed by atoms with Crippen LogP contribution in [0.2, 0.25) is 0 Å². The molecule has 0 spiro atoms. The molecule has 3 N–H and O–H groups in total. The zero-order chi connectivity index (χ0) is 23.0. The molecular weight excluding hydrogens is 420 g/mol. The summed E-state index contributed by atoms with van der Waals surface area (Å²) in [6.07, 6.45) is 2.80. The Morgan fingerprint density at radius 1 is 1.00 bits per heavy atom. The first-order chi connectivity index (χ1) is 14.8. The first kappa shape index (κ1) is 23.5. The first-order valence-electron chi connectivity index (χ1n) is 9.16. The molecule has 1 aromatic heterocycles. The fourth-order valence-corrected chi connectivity index (χ4v) is 3.20.